The maximum Gasteiger partial charge on any atom is 0.261 e. The molecule has 2 aromatic heterocycles. The van der Waals surface area contributed by atoms with Crippen LogP contribution in [0.25, 0.3) is 0 Å². The van der Waals surface area contributed by atoms with Crippen LogP contribution in [-0.4, -0.2) is 12.5 Å². The van der Waals surface area contributed by atoms with Gasteiger partial charge in [-0.25, -0.2) is 0 Å². The van der Waals surface area contributed by atoms with Crippen LogP contribution in [0.1, 0.15) is 15.4 Å². The molecule has 0 aliphatic heterocycles. The molecule has 0 bridgehead atoms. The van der Waals surface area contributed by atoms with Crippen molar-refractivity contribution in [1.82, 2.24) is 5.32 Å². The number of carbonyl (C=O) groups is 1. The Bertz CT molecular complexity index is 488. The topological polar surface area (TPSA) is 42.2 Å². The summed E-state index contributed by atoms with van der Waals surface area (Å²) in [4.78, 5) is 12.4. The average molecular weight is 379 g/mol. The molecule has 0 radical (unpaired) electrons. The van der Waals surface area contributed by atoms with Crippen molar-refractivity contribution < 1.29 is 9.21 Å². The van der Waals surface area contributed by atoms with Crippen LogP contribution in [0.2, 0.25) is 0 Å². The van der Waals surface area contributed by atoms with E-state index in [0.29, 0.717) is 17.8 Å². The second-order valence-corrected chi connectivity index (χ2v) is 6.54. The fourth-order valence-corrected chi connectivity index (χ4v) is 3.25. The molecular weight excluding hydrogens is 370 g/mol. The van der Waals surface area contributed by atoms with Gasteiger partial charge in [0.2, 0.25) is 0 Å². The van der Waals surface area contributed by atoms with Gasteiger partial charge in [-0.05, 0) is 50.1 Å². The SMILES string of the molecule is O=C(NCCc1ccco1)c1cc(Br)c(Br)s1. The van der Waals surface area contributed by atoms with Gasteiger partial charge in [0.05, 0.1) is 14.9 Å². The van der Waals surface area contributed by atoms with E-state index in [9.17, 15) is 4.79 Å². The van der Waals surface area contributed by atoms with Gasteiger partial charge >= 0.3 is 0 Å². The Labute approximate surface area is 119 Å². The zero-order valence-corrected chi connectivity index (χ0v) is 12.7. The van der Waals surface area contributed by atoms with Gasteiger partial charge < -0.3 is 9.73 Å². The molecule has 0 spiro atoms. The summed E-state index contributed by atoms with van der Waals surface area (Å²) in [6.07, 6.45) is 2.33. The first-order valence-corrected chi connectivity index (χ1v) is 7.32. The van der Waals surface area contributed by atoms with E-state index in [-0.39, 0.29) is 5.91 Å². The zero-order valence-electron chi connectivity index (χ0n) is 8.70. The van der Waals surface area contributed by atoms with Gasteiger partial charge in [0.1, 0.15) is 5.76 Å². The molecule has 0 fully saturated rings. The maximum absolute atomic E-state index is 11.8. The lowest BCUT2D eigenvalue weighted by molar-refractivity contribution is 0.0957. The molecule has 2 aromatic rings. The Kier molecular flexibility index (Phi) is 4.42. The molecule has 0 unspecified atom stereocenters. The number of rotatable bonds is 4. The molecule has 6 heteroatoms. The van der Waals surface area contributed by atoms with Crippen molar-refractivity contribution in [3.63, 3.8) is 0 Å². The van der Waals surface area contributed by atoms with Gasteiger partial charge in [0, 0.05) is 17.4 Å². The minimum Gasteiger partial charge on any atom is -0.469 e. The molecule has 0 saturated heterocycles. The first-order chi connectivity index (χ1) is 8.16. The number of hydrogen-bond acceptors (Lipinski definition) is 3. The molecule has 3 nitrogen and oxygen atoms in total. The molecule has 1 amide bonds. The van der Waals surface area contributed by atoms with Crippen LogP contribution in [0.3, 0.4) is 0 Å². The first-order valence-electron chi connectivity index (χ1n) is 4.92. The molecule has 0 aliphatic rings. The number of carbonyl (C=O) groups excluding carboxylic acids is 1. The third-order valence-corrected chi connectivity index (χ3v) is 5.36. The van der Waals surface area contributed by atoms with E-state index in [4.69, 9.17) is 4.42 Å². The van der Waals surface area contributed by atoms with Gasteiger partial charge in [-0.1, -0.05) is 0 Å². The highest BCUT2D eigenvalue weighted by atomic mass is 79.9. The fraction of sp³-hybridized carbons (Fsp3) is 0.182. The predicted molar refractivity (Wildman–Crippen MR) is 74.5 cm³/mol. The second kappa shape index (κ2) is 5.84. The molecule has 90 valence electrons. The summed E-state index contributed by atoms with van der Waals surface area (Å²) >= 11 is 8.12. The highest BCUT2D eigenvalue weighted by molar-refractivity contribution is 9.13. The molecule has 17 heavy (non-hydrogen) atoms. The van der Waals surface area contributed by atoms with Crippen molar-refractivity contribution in [2.24, 2.45) is 0 Å². The Morgan fingerprint density at radius 1 is 1.47 bits per heavy atom. The van der Waals surface area contributed by atoms with E-state index >= 15 is 0 Å². The van der Waals surface area contributed by atoms with Crippen molar-refractivity contribution in [2.45, 2.75) is 6.42 Å². The van der Waals surface area contributed by atoms with E-state index in [1.807, 2.05) is 12.1 Å². The monoisotopic (exact) mass is 377 g/mol. The quantitative estimate of drug-likeness (QED) is 0.878. The first kappa shape index (κ1) is 12.9. The summed E-state index contributed by atoms with van der Waals surface area (Å²) in [5.74, 6) is 0.812. The zero-order chi connectivity index (χ0) is 12.3. The lowest BCUT2D eigenvalue weighted by atomic mass is 10.3. The van der Waals surface area contributed by atoms with E-state index < -0.39 is 0 Å². The molecular formula is C11H9Br2NO2S. The van der Waals surface area contributed by atoms with Crippen LogP contribution < -0.4 is 5.32 Å². The number of furan rings is 1. The van der Waals surface area contributed by atoms with Crippen LogP contribution >= 0.6 is 43.2 Å². The lowest BCUT2D eigenvalue weighted by Gasteiger charge is -2.01. The van der Waals surface area contributed by atoms with Crippen LogP contribution in [-0.2, 0) is 6.42 Å². The molecule has 0 aromatic carbocycles. The lowest BCUT2D eigenvalue weighted by Crippen LogP contribution is -2.24. The third-order valence-electron chi connectivity index (χ3n) is 2.11. The summed E-state index contributed by atoms with van der Waals surface area (Å²) in [6, 6.07) is 5.53. The van der Waals surface area contributed by atoms with Crippen molar-refractivity contribution in [1.29, 1.82) is 0 Å². The van der Waals surface area contributed by atoms with Gasteiger partial charge in [0.25, 0.3) is 5.91 Å². The minimum absolute atomic E-state index is 0.0621. The smallest absolute Gasteiger partial charge is 0.261 e. The molecule has 0 atom stereocenters. The normalized spacial score (nSPS) is 10.5. The summed E-state index contributed by atoms with van der Waals surface area (Å²) in [7, 11) is 0. The Morgan fingerprint density at radius 3 is 2.88 bits per heavy atom. The summed E-state index contributed by atoms with van der Waals surface area (Å²) in [5.41, 5.74) is 0. The van der Waals surface area contributed by atoms with Crippen molar-refractivity contribution in [2.75, 3.05) is 6.54 Å². The molecule has 0 aliphatic carbocycles. The number of nitrogens with one attached hydrogen (secondary N) is 1. The Hall–Kier alpha value is -0.590. The summed E-state index contributed by atoms with van der Waals surface area (Å²) < 4.78 is 7.01. The van der Waals surface area contributed by atoms with Crippen LogP contribution in [0.4, 0.5) is 0 Å². The minimum atomic E-state index is -0.0621. The summed E-state index contributed by atoms with van der Waals surface area (Å²) in [5, 5.41) is 2.85. The number of amides is 1. The van der Waals surface area contributed by atoms with E-state index in [2.05, 4.69) is 37.2 Å². The second-order valence-electron chi connectivity index (χ2n) is 3.32. The average Bonchev–Trinajstić information content (AvgIpc) is 2.90. The van der Waals surface area contributed by atoms with E-state index in [1.54, 1.807) is 12.3 Å². The predicted octanol–water partition coefficient (Wildman–Crippen LogP) is 3.84. The van der Waals surface area contributed by atoms with E-state index in [0.717, 1.165) is 14.0 Å². The number of hydrogen-bond donors (Lipinski definition) is 1. The Balaban J connectivity index is 1.85. The van der Waals surface area contributed by atoms with Gasteiger partial charge in [-0.2, -0.15) is 0 Å². The highest BCUT2D eigenvalue weighted by Crippen LogP contribution is 2.32. The van der Waals surface area contributed by atoms with Crippen LogP contribution in [0.5, 0.6) is 0 Å². The van der Waals surface area contributed by atoms with Gasteiger partial charge in [0.15, 0.2) is 0 Å². The van der Waals surface area contributed by atoms with Crippen molar-refractivity contribution in [3.8, 4) is 0 Å². The van der Waals surface area contributed by atoms with Crippen molar-refractivity contribution >= 4 is 49.1 Å². The molecule has 0 saturated carbocycles. The molecule has 2 rings (SSSR count). The largest absolute Gasteiger partial charge is 0.469 e. The number of thiophene rings is 1. The van der Waals surface area contributed by atoms with Crippen LogP contribution in [0.15, 0.2) is 37.1 Å². The van der Waals surface area contributed by atoms with Crippen molar-refractivity contribution in [3.05, 3.63) is 43.4 Å². The van der Waals surface area contributed by atoms with Gasteiger partial charge in [-0.15, -0.1) is 11.3 Å². The third kappa shape index (κ3) is 3.43. The van der Waals surface area contributed by atoms with E-state index in [1.165, 1.54) is 11.3 Å². The maximum atomic E-state index is 11.8. The fourth-order valence-electron chi connectivity index (χ4n) is 1.30. The van der Waals surface area contributed by atoms with Crippen LogP contribution in [0, 0.1) is 0 Å². The standard InChI is InChI=1S/C11H9Br2NO2S/c12-8-6-9(17-10(8)13)11(15)14-4-3-7-2-1-5-16-7/h1-2,5-6H,3-4H2,(H,14,15). The number of halogens is 2. The Morgan fingerprint density at radius 2 is 2.29 bits per heavy atom. The summed E-state index contributed by atoms with van der Waals surface area (Å²) in [6.45, 7) is 0.569. The van der Waals surface area contributed by atoms with Gasteiger partial charge in [-0.3, -0.25) is 4.79 Å². The molecule has 2 heterocycles. The molecule has 1 N–H and O–H groups in total. The highest BCUT2D eigenvalue weighted by Gasteiger charge is 2.11.